The third-order valence-electron chi connectivity index (χ3n) is 3.98. The van der Waals surface area contributed by atoms with Gasteiger partial charge in [0.15, 0.2) is 0 Å². The highest BCUT2D eigenvalue weighted by molar-refractivity contribution is 14.1. The van der Waals surface area contributed by atoms with Crippen molar-refractivity contribution in [1.29, 1.82) is 0 Å². The standard InChI is InChI=1S/C15H9ClF3I4N5/c1-4-6(9(21)11(23)10(22)8(4)20)7-12(16)27-14-24-3-25-28(14)13(7)26-5(2)15(17,18)19/h3,5,26H,1-2H3. The molecule has 0 aliphatic carbocycles. The molecule has 0 saturated carbocycles. The fraction of sp³-hybridized carbons (Fsp3) is 0.267. The number of benzene rings is 1. The molecule has 28 heavy (non-hydrogen) atoms. The SMILES string of the molecule is Cc1c(I)c(I)c(I)c(I)c1-c1c(Cl)nc2ncnn2c1NC(C)C(F)(F)F. The van der Waals surface area contributed by atoms with Crippen molar-refractivity contribution in [2.45, 2.75) is 26.1 Å². The lowest BCUT2D eigenvalue weighted by molar-refractivity contribution is -0.138. The van der Waals surface area contributed by atoms with Crippen molar-refractivity contribution < 1.29 is 13.2 Å². The fourth-order valence-corrected chi connectivity index (χ4v) is 6.49. The Hall–Kier alpha value is 0.570. The Kier molecular flexibility index (Phi) is 7.14. The summed E-state index contributed by atoms with van der Waals surface area (Å²) in [4.78, 5) is 8.20. The van der Waals surface area contributed by atoms with E-state index >= 15 is 0 Å². The van der Waals surface area contributed by atoms with Gasteiger partial charge in [-0.25, -0.2) is 0 Å². The van der Waals surface area contributed by atoms with Crippen LogP contribution in [0, 0.1) is 21.2 Å². The van der Waals surface area contributed by atoms with Crippen LogP contribution in [-0.2, 0) is 0 Å². The zero-order chi connectivity index (χ0) is 21.0. The third kappa shape index (κ3) is 4.17. The topological polar surface area (TPSA) is 55.1 Å². The van der Waals surface area contributed by atoms with E-state index in [4.69, 9.17) is 11.6 Å². The summed E-state index contributed by atoms with van der Waals surface area (Å²) in [5, 5.41) is 6.64. The Morgan fingerprint density at radius 1 is 1.07 bits per heavy atom. The van der Waals surface area contributed by atoms with Gasteiger partial charge in [0, 0.05) is 19.8 Å². The second kappa shape index (κ2) is 8.60. The van der Waals surface area contributed by atoms with E-state index in [1.165, 1.54) is 10.8 Å². The number of halogens is 8. The van der Waals surface area contributed by atoms with Gasteiger partial charge in [-0.15, -0.1) is 0 Å². The zero-order valence-electron chi connectivity index (χ0n) is 14.0. The Labute approximate surface area is 217 Å². The summed E-state index contributed by atoms with van der Waals surface area (Å²) >= 11 is 15.4. The predicted octanol–water partition coefficient (Wildman–Crippen LogP) is 6.53. The van der Waals surface area contributed by atoms with Crippen molar-refractivity contribution in [3.05, 3.63) is 31.3 Å². The first kappa shape index (κ1) is 23.2. The number of aromatic nitrogens is 4. The van der Waals surface area contributed by atoms with Crippen LogP contribution in [0.15, 0.2) is 6.33 Å². The van der Waals surface area contributed by atoms with Crippen LogP contribution in [0.1, 0.15) is 12.5 Å². The van der Waals surface area contributed by atoms with Crippen LogP contribution in [0.25, 0.3) is 16.9 Å². The van der Waals surface area contributed by atoms with Gasteiger partial charge >= 0.3 is 6.18 Å². The van der Waals surface area contributed by atoms with Crippen LogP contribution in [0.3, 0.4) is 0 Å². The number of nitrogens with zero attached hydrogens (tertiary/aromatic N) is 4. The van der Waals surface area contributed by atoms with E-state index in [-0.39, 0.29) is 16.7 Å². The number of nitrogens with one attached hydrogen (secondary N) is 1. The Bertz CT molecular complexity index is 1060. The van der Waals surface area contributed by atoms with E-state index in [0.29, 0.717) is 5.56 Å². The van der Waals surface area contributed by atoms with Crippen molar-refractivity contribution in [1.82, 2.24) is 19.6 Å². The van der Waals surface area contributed by atoms with E-state index in [1.54, 1.807) is 0 Å². The summed E-state index contributed by atoms with van der Waals surface area (Å²) in [7, 11) is 0. The third-order valence-corrected chi connectivity index (χ3v) is 11.9. The minimum atomic E-state index is -4.45. The molecule has 0 amide bonds. The molecule has 2 heterocycles. The Balaban J connectivity index is 2.40. The number of hydrogen-bond acceptors (Lipinski definition) is 4. The largest absolute Gasteiger partial charge is 0.408 e. The van der Waals surface area contributed by atoms with Crippen molar-refractivity contribution in [3.8, 4) is 11.1 Å². The van der Waals surface area contributed by atoms with Crippen LogP contribution < -0.4 is 5.32 Å². The molecule has 0 bridgehead atoms. The molecule has 1 aromatic carbocycles. The molecular formula is C15H9ClF3I4N5. The van der Waals surface area contributed by atoms with Gasteiger partial charge in [-0.05, 0) is 110 Å². The maximum Gasteiger partial charge on any atom is 0.408 e. The monoisotopic (exact) mass is 859 g/mol. The van der Waals surface area contributed by atoms with E-state index in [2.05, 4.69) is 111 Å². The van der Waals surface area contributed by atoms with Crippen LogP contribution in [0.5, 0.6) is 0 Å². The summed E-state index contributed by atoms with van der Waals surface area (Å²) in [5.41, 5.74) is 1.99. The van der Waals surface area contributed by atoms with Gasteiger partial charge in [-0.1, -0.05) is 11.6 Å². The van der Waals surface area contributed by atoms with Gasteiger partial charge < -0.3 is 5.32 Å². The summed E-state index contributed by atoms with van der Waals surface area (Å²) in [6.07, 6.45) is -3.22. The molecule has 5 nitrogen and oxygen atoms in total. The highest BCUT2D eigenvalue weighted by Crippen LogP contribution is 2.43. The van der Waals surface area contributed by atoms with Crippen molar-refractivity contribution in [3.63, 3.8) is 0 Å². The minimum Gasteiger partial charge on any atom is -0.358 e. The summed E-state index contributed by atoms with van der Waals surface area (Å²) in [6, 6.07) is -1.82. The normalized spacial score (nSPS) is 13.2. The second-order valence-corrected chi connectivity index (χ2v) is 10.4. The average Bonchev–Trinajstić information content (AvgIpc) is 3.07. The van der Waals surface area contributed by atoms with Crippen molar-refractivity contribution in [2.24, 2.45) is 0 Å². The second-order valence-electron chi connectivity index (χ2n) is 5.76. The van der Waals surface area contributed by atoms with Crippen LogP contribution in [0.4, 0.5) is 19.0 Å². The van der Waals surface area contributed by atoms with Crippen molar-refractivity contribution >= 4 is 114 Å². The zero-order valence-corrected chi connectivity index (χ0v) is 23.4. The molecule has 3 rings (SSSR count). The smallest absolute Gasteiger partial charge is 0.358 e. The number of hydrogen-bond donors (Lipinski definition) is 1. The van der Waals surface area contributed by atoms with Gasteiger partial charge in [0.25, 0.3) is 5.78 Å². The lowest BCUT2D eigenvalue weighted by Gasteiger charge is -2.23. The van der Waals surface area contributed by atoms with Gasteiger partial charge in [0.1, 0.15) is 23.3 Å². The van der Waals surface area contributed by atoms with Gasteiger partial charge in [0.05, 0.1) is 5.56 Å². The van der Waals surface area contributed by atoms with Crippen molar-refractivity contribution in [2.75, 3.05) is 5.32 Å². The first-order valence-corrected chi connectivity index (χ1v) is 12.2. The van der Waals surface area contributed by atoms with E-state index in [0.717, 1.165) is 32.3 Å². The fourth-order valence-electron chi connectivity index (χ4n) is 2.50. The molecule has 150 valence electrons. The van der Waals surface area contributed by atoms with Crippen LogP contribution in [0.2, 0.25) is 5.15 Å². The highest BCUT2D eigenvalue weighted by atomic mass is 127. The Morgan fingerprint density at radius 2 is 1.68 bits per heavy atom. The molecule has 0 radical (unpaired) electrons. The molecule has 0 saturated heterocycles. The molecule has 0 spiro atoms. The first-order valence-electron chi connectivity index (χ1n) is 7.50. The molecular weight excluding hydrogens is 850 g/mol. The van der Waals surface area contributed by atoms with Gasteiger partial charge in [-0.3, -0.25) is 0 Å². The lowest BCUT2D eigenvalue weighted by Crippen LogP contribution is -2.34. The molecule has 1 unspecified atom stereocenters. The minimum absolute atomic E-state index is 0.0613. The highest BCUT2D eigenvalue weighted by Gasteiger charge is 2.37. The summed E-state index contributed by atoms with van der Waals surface area (Å²) in [6.45, 7) is 2.95. The molecule has 0 aliphatic heterocycles. The van der Waals surface area contributed by atoms with E-state index in [9.17, 15) is 13.2 Å². The van der Waals surface area contributed by atoms with E-state index < -0.39 is 12.2 Å². The number of alkyl halides is 3. The molecule has 1 N–H and O–H groups in total. The molecule has 0 fully saturated rings. The quantitative estimate of drug-likeness (QED) is 0.141. The average molecular weight is 859 g/mol. The molecule has 1 atom stereocenters. The maximum atomic E-state index is 13.3. The number of anilines is 1. The Morgan fingerprint density at radius 3 is 2.29 bits per heavy atom. The number of fused-ring (bicyclic) bond motifs is 1. The first-order chi connectivity index (χ1) is 12.9. The molecule has 3 aromatic rings. The predicted molar refractivity (Wildman–Crippen MR) is 136 cm³/mol. The lowest BCUT2D eigenvalue weighted by atomic mass is 10.0. The number of rotatable bonds is 3. The van der Waals surface area contributed by atoms with Crippen LogP contribution in [-0.4, -0.2) is 31.8 Å². The summed E-state index contributed by atoms with van der Waals surface area (Å²) < 4.78 is 45.0. The molecule has 13 heteroatoms. The van der Waals surface area contributed by atoms with E-state index in [1.807, 2.05) is 6.92 Å². The summed E-state index contributed by atoms with van der Waals surface area (Å²) in [5.74, 6) is 0.222. The van der Waals surface area contributed by atoms with Gasteiger partial charge in [0.2, 0.25) is 0 Å². The molecule has 2 aromatic heterocycles. The van der Waals surface area contributed by atoms with Gasteiger partial charge in [-0.2, -0.15) is 32.8 Å². The maximum absolute atomic E-state index is 13.3. The van der Waals surface area contributed by atoms with Crippen LogP contribution >= 0.6 is 102 Å². The molecule has 0 aliphatic rings.